The molecule has 2 heterocycles. The lowest BCUT2D eigenvalue weighted by molar-refractivity contribution is -0.123. The Morgan fingerprint density at radius 1 is 1.43 bits per heavy atom. The van der Waals surface area contributed by atoms with Crippen LogP contribution in [0.3, 0.4) is 0 Å². The molecule has 1 fully saturated rings. The average Bonchev–Trinajstić information content (AvgIpc) is 3.45. The summed E-state index contributed by atoms with van der Waals surface area (Å²) in [6.45, 7) is 3.11. The third kappa shape index (κ3) is 4.56. The first-order chi connectivity index (χ1) is 13.6. The summed E-state index contributed by atoms with van der Waals surface area (Å²) in [5.74, 6) is 0.193. The zero-order chi connectivity index (χ0) is 19.9. The van der Waals surface area contributed by atoms with E-state index in [2.05, 4.69) is 31.3 Å². The van der Waals surface area contributed by atoms with E-state index in [9.17, 15) is 9.59 Å². The normalized spacial score (nSPS) is 20.1. The number of H-pyrrole nitrogens is 1. The first-order valence-corrected chi connectivity index (χ1v) is 9.83. The summed E-state index contributed by atoms with van der Waals surface area (Å²) < 4.78 is 1.84. The van der Waals surface area contributed by atoms with Crippen molar-refractivity contribution >= 4 is 11.8 Å². The molecule has 28 heavy (non-hydrogen) atoms. The summed E-state index contributed by atoms with van der Waals surface area (Å²) in [5.41, 5.74) is 6.16. The van der Waals surface area contributed by atoms with Gasteiger partial charge in [0.1, 0.15) is 11.7 Å². The van der Waals surface area contributed by atoms with Gasteiger partial charge in [0.15, 0.2) is 5.82 Å². The summed E-state index contributed by atoms with van der Waals surface area (Å²) in [7, 11) is 0. The number of amides is 2. The van der Waals surface area contributed by atoms with Gasteiger partial charge in [-0.25, -0.2) is 0 Å². The SMILES string of the molecule is CCn1cccc1C(=O)N[C@@H](CCCN)C(=O)N[C@H]1CCC[C@H]1c1nn[nH]n1. The number of aryl methyl sites for hydroxylation is 1. The van der Waals surface area contributed by atoms with Crippen molar-refractivity contribution in [3.63, 3.8) is 0 Å². The molecule has 3 rings (SSSR count). The molecule has 10 nitrogen and oxygen atoms in total. The molecule has 10 heteroatoms. The van der Waals surface area contributed by atoms with Gasteiger partial charge in [-0.1, -0.05) is 11.6 Å². The minimum atomic E-state index is -0.636. The fourth-order valence-corrected chi connectivity index (χ4v) is 3.77. The third-order valence-electron chi connectivity index (χ3n) is 5.26. The maximum Gasteiger partial charge on any atom is 0.268 e. The molecule has 3 atom stereocenters. The maximum atomic E-state index is 12.9. The molecule has 2 amide bonds. The Morgan fingerprint density at radius 3 is 3.00 bits per heavy atom. The van der Waals surface area contributed by atoms with Gasteiger partial charge in [-0.05, 0) is 51.3 Å². The Labute approximate surface area is 163 Å². The van der Waals surface area contributed by atoms with E-state index in [0.29, 0.717) is 37.4 Å². The van der Waals surface area contributed by atoms with Crippen molar-refractivity contribution in [1.29, 1.82) is 0 Å². The van der Waals surface area contributed by atoms with Gasteiger partial charge < -0.3 is 20.9 Å². The maximum absolute atomic E-state index is 12.9. The summed E-state index contributed by atoms with van der Waals surface area (Å²) in [6.07, 6.45) is 5.70. The molecule has 152 valence electrons. The molecule has 2 aromatic rings. The molecule has 0 radical (unpaired) electrons. The van der Waals surface area contributed by atoms with Crippen LogP contribution in [-0.4, -0.2) is 55.6 Å². The molecule has 1 aliphatic carbocycles. The quantitative estimate of drug-likeness (QED) is 0.487. The highest BCUT2D eigenvalue weighted by atomic mass is 16.2. The molecule has 1 aliphatic rings. The number of carbonyl (C=O) groups is 2. The highest BCUT2D eigenvalue weighted by Gasteiger charge is 2.34. The second kappa shape index (κ2) is 9.45. The van der Waals surface area contributed by atoms with Crippen LogP contribution < -0.4 is 16.4 Å². The Morgan fingerprint density at radius 2 is 2.29 bits per heavy atom. The van der Waals surface area contributed by atoms with Crippen LogP contribution in [0.4, 0.5) is 0 Å². The van der Waals surface area contributed by atoms with Gasteiger partial charge >= 0.3 is 0 Å². The van der Waals surface area contributed by atoms with Gasteiger partial charge in [0.25, 0.3) is 5.91 Å². The lowest BCUT2D eigenvalue weighted by Crippen LogP contribution is -2.50. The lowest BCUT2D eigenvalue weighted by atomic mass is 10.0. The first-order valence-electron chi connectivity index (χ1n) is 9.83. The van der Waals surface area contributed by atoms with Crippen LogP contribution in [0.15, 0.2) is 18.3 Å². The number of nitrogens with one attached hydrogen (secondary N) is 3. The Hall–Kier alpha value is -2.75. The Balaban J connectivity index is 1.66. The van der Waals surface area contributed by atoms with Gasteiger partial charge in [-0.3, -0.25) is 9.59 Å². The molecule has 1 saturated carbocycles. The number of rotatable bonds is 9. The van der Waals surface area contributed by atoms with Crippen LogP contribution in [0.2, 0.25) is 0 Å². The Bertz CT molecular complexity index is 772. The second-order valence-electron chi connectivity index (χ2n) is 7.06. The molecular weight excluding hydrogens is 360 g/mol. The summed E-state index contributed by atoms with van der Waals surface area (Å²) in [5, 5.41) is 20.2. The number of tetrazole rings is 1. The van der Waals surface area contributed by atoms with Gasteiger partial charge in [-0.15, -0.1) is 10.2 Å². The van der Waals surface area contributed by atoms with E-state index in [-0.39, 0.29) is 23.8 Å². The minimum absolute atomic E-state index is 0.0332. The van der Waals surface area contributed by atoms with Crippen molar-refractivity contribution < 1.29 is 9.59 Å². The topological polar surface area (TPSA) is 144 Å². The smallest absolute Gasteiger partial charge is 0.268 e. The number of nitrogens with zero attached hydrogens (tertiary/aromatic N) is 4. The largest absolute Gasteiger partial charge is 0.351 e. The fourth-order valence-electron chi connectivity index (χ4n) is 3.77. The second-order valence-corrected chi connectivity index (χ2v) is 7.06. The van der Waals surface area contributed by atoms with Crippen molar-refractivity contribution in [2.24, 2.45) is 5.73 Å². The lowest BCUT2D eigenvalue weighted by Gasteiger charge is -2.23. The van der Waals surface area contributed by atoms with Crippen molar-refractivity contribution in [3.8, 4) is 0 Å². The summed E-state index contributed by atoms with van der Waals surface area (Å²) in [6, 6.07) is 2.87. The van der Waals surface area contributed by atoms with Gasteiger partial charge in [0.05, 0.1) is 0 Å². The molecule has 0 saturated heterocycles. The zero-order valence-electron chi connectivity index (χ0n) is 16.1. The van der Waals surface area contributed by atoms with Crippen LogP contribution in [-0.2, 0) is 11.3 Å². The zero-order valence-corrected chi connectivity index (χ0v) is 16.1. The highest BCUT2D eigenvalue weighted by Crippen LogP contribution is 2.32. The van der Waals surface area contributed by atoms with Crippen LogP contribution >= 0.6 is 0 Å². The molecule has 5 N–H and O–H groups in total. The van der Waals surface area contributed by atoms with E-state index in [0.717, 1.165) is 19.3 Å². The van der Waals surface area contributed by atoms with Gasteiger partial charge in [-0.2, -0.15) is 5.21 Å². The molecule has 0 unspecified atom stereocenters. The van der Waals surface area contributed by atoms with E-state index in [1.165, 1.54) is 0 Å². The molecular formula is C18H28N8O2. The van der Waals surface area contributed by atoms with Crippen LogP contribution in [0.1, 0.15) is 61.3 Å². The van der Waals surface area contributed by atoms with Crippen LogP contribution in [0.5, 0.6) is 0 Å². The molecule has 0 aromatic carbocycles. The van der Waals surface area contributed by atoms with Crippen molar-refractivity contribution in [2.75, 3.05) is 6.54 Å². The number of nitrogens with two attached hydrogens (primary N) is 1. The predicted octanol–water partition coefficient (Wildman–Crippen LogP) is 0.311. The van der Waals surface area contributed by atoms with Crippen molar-refractivity contribution in [2.45, 2.75) is 63.6 Å². The monoisotopic (exact) mass is 388 g/mol. The van der Waals surface area contributed by atoms with E-state index < -0.39 is 6.04 Å². The average molecular weight is 388 g/mol. The van der Waals surface area contributed by atoms with Crippen molar-refractivity contribution in [3.05, 3.63) is 29.8 Å². The van der Waals surface area contributed by atoms with Gasteiger partial charge in [0, 0.05) is 24.7 Å². The third-order valence-corrected chi connectivity index (χ3v) is 5.26. The van der Waals surface area contributed by atoms with E-state index in [1.54, 1.807) is 6.07 Å². The molecule has 0 aliphatic heterocycles. The predicted molar refractivity (Wildman–Crippen MR) is 102 cm³/mol. The first kappa shape index (κ1) is 20.0. The highest BCUT2D eigenvalue weighted by molar-refractivity contribution is 5.96. The van der Waals surface area contributed by atoms with E-state index in [4.69, 9.17) is 5.73 Å². The number of aromatic amines is 1. The van der Waals surface area contributed by atoms with Crippen LogP contribution in [0, 0.1) is 0 Å². The van der Waals surface area contributed by atoms with Crippen LogP contribution in [0.25, 0.3) is 0 Å². The molecule has 0 bridgehead atoms. The molecule has 0 spiro atoms. The number of hydrogen-bond donors (Lipinski definition) is 4. The standard InChI is InChI=1S/C18H28N8O2/c1-2-26-11-5-9-15(26)18(28)21-14(8-4-10-19)17(27)20-13-7-3-6-12(13)16-22-24-25-23-16/h5,9,11-14H,2-4,6-8,10,19H2,1H3,(H,20,27)(H,21,28)(H,22,23,24,25)/t12-,13+,14+/m1/s1. The number of hydrogen-bond acceptors (Lipinski definition) is 6. The summed E-state index contributed by atoms with van der Waals surface area (Å²) in [4.78, 5) is 25.6. The fraction of sp³-hybridized carbons (Fsp3) is 0.611. The summed E-state index contributed by atoms with van der Waals surface area (Å²) >= 11 is 0. The van der Waals surface area contributed by atoms with Crippen molar-refractivity contribution in [1.82, 2.24) is 35.8 Å². The number of aromatic nitrogens is 5. The van der Waals surface area contributed by atoms with E-state index in [1.807, 2.05) is 23.8 Å². The molecule has 2 aromatic heterocycles. The van der Waals surface area contributed by atoms with Gasteiger partial charge in [0.2, 0.25) is 5.91 Å². The Kier molecular flexibility index (Phi) is 6.75. The minimum Gasteiger partial charge on any atom is -0.351 e. The number of carbonyl (C=O) groups excluding carboxylic acids is 2. The van der Waals surface area contributed by atoms with E-state index >= 15 is 0 Å².